The Kier molecular flexibility index (Phi) is 20.2. The number of aromatic nitrogens is 6. The van der Waals surface area contributed by atoms with Crippen molar-refractivity contribution >= 4 is 41.3 Å². The molecule has 0 unspecified atom stereocenters. The average Bonchev–Trinajstić information content (AvgIpc) is 3.79. The summed E-state index contributed by atoms with van der Waals surface area (Å²) in [5.41, 5.74) is 9.17. The van der Waals surface area contributed by atoms with Crippen LogP contribution in [0.2, 0.25) is 0 Å². The topological polar surface area (TPSA) is 192 Å². The summed E-state index contributed by atoms with van der Waals surface area (Å²) in [7, 11) is 5.27. The SMILES string of the molecule is CC=O.CCNC.COc1ccc2c(c1)C(c1ccc(C)cc1)=NCc1nnc(C)n1-2.COc1ccc2c(c1)C(c1ccc(SCCC(=O)NCCCCNC(C)=O)cc1)=NCc1nnc(C)n1-2. The first kappa shape index (κ1) is 52.0. The second kappa shape index (κ2) is 26.4. The van der Waals surface area contributed by atoms with Crippen LogP contribution < -0.4 is 25.4 Å². The van der Waals surface area contributed by atoms with Crippen LogP contribution in [-0.4, -0.2) is 106 Å². The molecule has 2 aromatic heterocycles. The lowest BCUT2D eigenvalue weighted by molar-refractivity contribution is -0.121. The molecular weight excluding hydrogens is 879 g/mol. The van der Waals surface area contributed by atoms with Crippen molar-refractivity contribution in [3.05, 3.63) is 136 Å². The maximum Gasteiger partial charge on any atom is 0.220 e. The first-order chi connectivity index (χ1) is 33.0. The number of fused-ring (bicyclic) bond motifs is 6. The lowest BCUT2D eigenvalue weighted by Gasteiger charge is -2.14. The van der Waals surface area contributed by atoms with E-state index in [0.29, 0.717) is 38.4 Å². The van der Waals surface area contributed by atoms with E-state index >= 15 is 0 Å². The Hall–Kier alpha value is -6.98. The molecule has 4 aromatic carbocycles. The number of benzene rings is 4. The van der Waals surface area contributed by atoms with E-state index in [-0.39, 0.29) is 11.8 Å². The molecule has 2 aliphatic heterocycles. The molecule has 3 N–H and O–H groups in total. The van der Waals surface area contributed by atoms with E-state index in [4.69, 9.17) is 24.3 Å². The molecule has 0 atom stereocenters. The molecule has 2 amide bonds. The Labute approximate surface area is 403 Å². The van der Waals surface area contributed by atoms with Gasteiger partial charge in [-0.3, -0.25) is 28.7 Å². The van der Waals surface area contributed by atoms with Gasteiger partial charge in [0.15, 0.2) is 11.6 Å². The number of carbonyl (C=O) groups is 3. The normalized spacial score (nSPS) is 11.8. The van der Waals surface area contributed by atoms with Crippen LogP contribution in [0.15, 0.2) is 99.8 Å². The molecule has 358 valence electrons. The minimum Gasteiger partial charge on any atom is -0.497 e. The minimum absolute atomic E-state index is 0.0262. The number of hydrogen-bond donors (Lipinski definition) is 3. The maximum atomic E-state index is 12.1. The van der Waals surface area contributed by atoms with Gasteiger partial charge in [0.05, 0.1) is 37.0 Å². The molecule has 0 fully saturated rings. The van der Waals surface area contributed by atoms with Crippen LogP contribution in [-0.2, 0) is 27.5 Å². The first-order valence-corrected chi connectivity index (χ1v) is 23.6. The monoisotopic (exact) mass is 941 g/mol. The van der Waals surface area contributed by atoms with E-state index in [1.54, 1.807) is 26.0 Å². The molecule has 0 aliphatic carbocycles. The van der Waals surface area contributed by atoms with Gasteiger partial charge in [0.2, 0.25) is 11.8 Å². The Bertz CT molecular complexity index is 2670. The molecule has 2 aliphatic rings. The highest BCUT2D eigenvalue weighted by Gasteiger charge is 2.24. The van der Waals surface area contributed by atoms with Crippen LogP contribution in [0.1, 0.15) is 91.1 Å². The van der Waals surface area contributed by atoms with E-state index in [1.165, 1.54) is 19.4 Å². The third-order valence-electron chi connectivity index (χ3n) is 10.6. The van der Waals surface area contributed by atoms with Gasteiger partial charge >= 0.3 is 0 Å². The number of methoxy groups -OCH3 is 2. The zero-order valence-electron chi connectivity index (χ0n) is 40.6. The summed E-state index contributed by atoms with van der Waals surface area (Å²) in [6.07, 6.45) is 2.90. The van der Waals surface area contributed by atoms with Gasteiger partial charge in [-0.05, 0) is 103 Å². The Balaban J connectivity index is 0.000000238. The lowest BCUT2D eigenvalue weighted by Crippen LogP contribution is -2.26. The van der Waals surface area contributed by atoms with Gasteiger partial charge in [-0.2, -0.15) is 0 Å². The zero-order chi connectivity index (χ0) is 49.0. The van der Waals surface area contributed by atoms with Gasteiger partial charge in [0.1, 0.15) is 42.5 Å². The van der Waals surface area contributed by atoms with Gasteiger partial charge in [0, 0.05) is 59.3 Å². The number of rotatable bonds is 14. The summed E-state index contributed by atoms with van der Waals surface area (Å²) >= 11 is 1.65. The summed E-state index contributed by atoms with van der Waals surface area (Å²) in [5, 5.41) is 25.6. The van der Waals surface area contributed by atoms with Crippen molar-refractivity contribution in [2.45, 2.75) is 78.8 Å². The molecule has 4 heterocycles. The van der Waals surface area contributed by atoms with Crippen molar-refractivity contribution in [1.29, 1.82) is 0 Å². The Morgan fingerprint density at radius 1 is 0.706 bits per heavy atom. The fourth-order valence-electron chi connectivity index (χ4n) is 7.17. The van der Waals surface area contributed by atoms with Crippen molar-refractivity contribution in [2.75, 3.05) is 46.7 Å². The number of aryl methyl sites for hydroxylation is 3. The zero-order valence-corrected chi connectivity index (χ0v) is 41.4. The standard InChI is InChI=1S/C27H32N6O3S.C19H18N4O.C3H9N.C2H4O/c1-18-31-32-25-17-30-27(23-16-21(36-3)8-11-24(23)33(18)25)20-6-9-22(10-7-20)37-15-12-26(35)29-14-5-4-13-28-19(2)34;1-12-4-6-14(7-5-12)19-16-10-15(24-3)8-9-17(16)23-13(2)21-22-18(23)11-20-19;1-3-4-2;1-2-3/h6-11,16H,4-5,12-15,17H2,1-3H3,(H,28,34)(H,29,35);4-10H,11H2,1-3H3;4H,3H2,1-2H3;2H,1H3. The maximum absolute atomic E-state index is 12.1. The van der Waals surface area contributed by atoms with Crippen molar-refractivity contribution < 1.29 is 23.9 Å². The molecule has 16 nitrogen and oxygen atoms in total. The van der Waals surface area contributed by atoms with Crippen LogP contribution in [0, 0.1) is 20.8 Å². The van der Waals surface area contributed by atoms with Crippen molar-refractivity contribution in [3.63, 3.8) is 0 Å². The number of nitrogens with zero attached hydrogens (tertiary/aromatic N) is 8. The number of hydrogen-bond acceptors (Lipinski definition) is 13. The molecular formula is C51H63N11O5S. The molecule has 8 rings (SSSR count). The van der Waals surface area contributed by atoms with Gasteiger partial charge in [0.25, 0.3) is 0 Å². The number of amides is 2. The smallest absolute Gasteiger partial charge is 0.220 e. The third-order valence-corrected chi connectivity index (χ3v) is 11.7. The fourth-order valence-corrected chi connectivity index (χ4v) is 8.03. The van der Waals surface area contributed by atoms with E-state index in [1.807, 2.05) is 61.9 Å². The highest BCUT2D eigenvalue weighted by atomic mass is 32.2. The first-order valence-electron chi connectivity index (χ1n) is 22.6. The van der Waals surface area contributed by atoms with E-state index < -0.39 is 0 Å². The largest absolute Gasteiger partial charge is 0.497 e. The van der Waals surface area contributed by atoms with Crippen LogP contribution in [0.25, 0.3) is 11.4 Å². The second-order valence-corrected chi connectivity index (χ2v) is 16.7. The summed E-state index contributed by atoms with van der Waals surface area (Å²) in [6, 6.07) is 28.7. The quantitative estimate of drug-likeness (QED) is 0.0572. The summed E-state index contributed by atoms with van der Waals surface area (Å²) in [6.45, 7) is 14.3. The van der Waals surface area contributed by atoms with Crippen LogP contribution in [0.3, 0.4) is 0 Å². The van der Waals surface area contributed by atoms with Crippen molar-refractivity contribution in [3.8, 4) is 22.9 Å². The summed E-state index contributed by atoms with van der Waals surface area (Å²) in [5.74, 6) is 5.62. The Morgan fingerprint density at radius 2 is 1.16 bits per heavy atom. The number of thioether (sulfide) groups is 1. The minimum atomic E-state index is -0.0262. The summed E-state index contributed by atoms with van der Waals surface area (Å²) < 4.78 is 15.0. The van der Waals surface area contributed by atoms with Crippen molar-refractivity contribution in [1.82, 2.24) is 45.5 Å². The lowest BCUT2D eigenvalue weighted by atomic mass is 9.99. The number of nitrogens with one attached hydrogen (secondary N) is 3. The van der Waals surface area contributed by atoms with Crippen LogP contribution >= 0.6 is 11.8 Å². The van der Waals surface area contributed by atoms with E-state index in [9.17, 15) is 9.59 Å². The Morgan fingerprint density at radius 3 is 1.60 bits per heavy atom. The molecule has 0 saturated heterocycles. The van der Waals surface area contributed by atoms with Crippen LogP contribution in [0.5, 0.6) is 11.5 Å². The number of ether oxygens (including phenoxy) is 2. The van der Waals surface area contributed by atoms with E-state index in [2.05, 4.69) is 103 Å². The van der Waals surface area contributed by atoms with E-state index in [0.717, 1.165) is 110 Å². The summed E-state index contributed by atoms with van der Waals surface area (Å²) in [4.78, 5) is 42.6. The number of aliphatic imine (C=N–C) groups is 2. The molecule has 0 bridgehead atoms. The van der Waals surface area contributed by atoms with Gasteiger partial charge in [-0.15, -0.1) is 32.2 Å². The van der Waals surface area contributed by atoms with Crippen molar-refractivity contribution in [2.24, 2.45) is 9.98 Å². The molecule has 17 heteroatoms. The predicted octanol–water partition coefficient (Wildman–Crippen LogP) is 7.12. The third kappa shape index (κ3) is 14.0. The molecule has 0 saturated carbocycles. The highest BCUT2D eigenvalue weighted by molar-refractivity contribution is 7.99. The molecule has 68 heavy (non-hydrogen) atoms. The van der Waals surface area contributed by atoms with Gasteiger partial charge in [-0.1, -0.05) is 48.9 Å². The number of unbranched alkanes of at least 4 members (excludes halogenated alkanes) is 1. The highest BCUT2D eigenvalue weighted by Crippen LogP contribution is 2.31. The molecule has 6 aromatic rings. The predicted molar refractivity (Wildman–Crippen MR) is 269 cm³/mol. The van der Waals surface area contributed by atoms with Gasteiger partial charge < -0.3 is 30.2 Å². The molecule has 0 spiro atoms. The van der Waals surface area contributed by atoms with Crippen LogP contribution in [0.4, 0.5) is 0 Å². The fraction of sp³-hybridized carbons (Fsp3) is 0.353. The van der Waals surface area contributed by atoms with Gasteiger partial charge in [-0.25, -0.2) is 0 Å². The molecule has 0 radical (unpaired) electrons. The number of carbonyl (C=O) groups excluding carboxylic acids is 3. The average molecular weight is 942 g/mol. The number of aldehydes is 1. The second-order valence-electron chi connectivity index (χ2n) is 15.6.